The van der Waals surface area contributed by atoms with Crippen LogP contribution in [0, 0.1) is 0 Å². The molecule has 1 aliphatic rings. The number of anilines is 1. The maximum atomic E-state index is 12.4. The molecule has 1 aliphatic heterocycles. The first-order chi connectivity index (χ1) is 17.4. The number of amides is 2. The molecule has 3 aromatic carbocycles. The molecule has 1 atom stereocenters. The quantitative estimate of drug-likeness (QED) is 0.475. The minimum atomic E-state index is -1.10. The molecule has 0 spiro atoms. The van der Waals surface area contributed by atoms with E-state index in [0.717, 1.165) is 12.0 Å². The van der Waals surface area contributed by atoms with Crippen LogP contribution in [0.1, 0.15) is 22.3 Å². The van der Waals surface area contributed by atoms with Crippen molar-refractivity contribution in [1.29, 1.82) is 0 Å². The highest BCUT2D eigenvalue weighted by atomic mass is 16.5. The molecule has 2 amide bonds. The van der Waals surface area contributed by atoms with Crippen LogP contribution in [0.25, 0.3) is 0 Å². The van der Waals surface area contributed by atoms with Crippen LogP contribution in [0.2, 0.25) is 0 Å². The number of likely N-dealkylation sites (tertiary alicyclic amines) is 1. The Labute approximate surface area is 208 Å². The molecule has 1 fully saturated rings. The first-order valence-electron chi connectivity index (χ1n) is 11.4. The van der Waals surface area contributed by atoms with Gasteiger partial charge in [0.05, 0.1) is 31.3 Å². The number of nitrogens with one attached hydrogen (secondary N) is 1. The molecule has 0 saturated carbocycles. The van der Waals surface area contributed by atoms with Gasteiger partial charge in [0.15, 0.2) is 0 Å². The molecule has 1 heterocycles. The fourth-order valence-corrected chi connectivity index (χ4v) is 3.87. The molecule has 2 N–H and O–H groups in total. The zero-order valence-corrected chi connectivity index (χ0v) is 19.7. The Kier molecular flexibility index (Phi) is 7.69. The van der Waals surface area contributed by atoms with E-state index in [-0.39, 0.29) is 35.8 Å². The van der Waals surface area contributed by atoms with E-state index in [1.165, 1.54) is 13.2 Å². The van der Waals surface area contributed by atoms with Crippen molar-refractivity contribution in [3.8, 4) is 17.2 Å². The zero-order chi connectivity index (χ0) is 25.5. The highest BCUT2D eigenvalue weighted by Crippen LogP contribution is 2.26. The number of nitrogens with zero attached hydrogens (tertiary/aromatic N) is 1. The van der Waals surface area contributed by atoms with Gasteiger partial charge in [-0.1, -0.05) is 24.3 Å². The number of ether oxygens (including phenoxy) is 3. The van der Waals surface area contributed by atoms with Gasteiger partial charge in [0.2, 0.25) is 5.91 Å². The standard InChI is InChI=1S/C27H26N2O7/c1-34-27(33)29-15-14-22(17-29)36-21-12-10-20(11-13-21)35-19-8-6-18(7-9-19)16-25(30)28-24-5-3-2-4-23(24)26(31)32/h2-13,22H,14-17H2,1H3,(H,28,30)(H,31,32)/t22-/m1/s1. The van der Waals surface area contributed by atoms with E-state index in [1.54, 1.807) is 59.5 Å². The molecule has 4 rings (SSSR count). The van der Waals surface area contributed by atoms with Crippen LogP contribution >= 0.6 is 0 Å². The van der Waals surface area contributed by atoms with Crippen LogP contribution < -0.4 is 14.8 Å². The number of benzene rings is 3. The fraction of sp³-hybridized carbons (Fsp3) is 0.222. The van der Waals surface area contributed by atoms with E-state index >= 15 is 0 Å². The molecule has 0 bridgehead atoms. The number of aromatic carboxylic acids is 1. The predicted molar refractivity (Wildman–Crippen MR) is 132 cm³/mol. The highest BCUT2D eigenvalue weighted by molar-refractivity contribution is 6.01. The molecule has 0 aromatic heterocycles. The van der Waals surface area contributed by atoms with Crippen LogP contribution in [-0.2, 0) is 16.0 Å². The SMILES string of the molecule is COC(=O)N1CC[C@@H](Oc2ccc(Oc3ccc(CC(=O)Nc4ccccc4C(=O)O)cc3)cc2)C1. The van der Waals surface area contributed by atoms with Gasteiger partial charge in [-0.05, 0) is 54.1 Å². The third-order valence-electron chi connectivity index (χ3n) is 5.66. The Morgan fingerprint density at radius 2 is 1.58 bits per heavy atom. The molecule has 3 aromatic rings. The molecule has 1 saturated heterocycles. The molecule has 0 radical (unpaired) electrons. The van der Waals surface area contributed by atoms with Gasteiger partial charge >= 0.3 is 12.1 Å². The van der Waals surface area contributed by atoms with Crippen LogP contribution in [0.5, 0.6) is 17.2 Å². The second kappa shape index (κ2) is 11.3. The lowest BCUT2D eigenvalue weighted by Crippen LogP contribution is -2.30. The lowest BCUT2D eigenvalue weighted by Gasteiger charge is -2.16. The molecule has 186 valence electrons. The lowest BCUT2D eigenvalue weighted by molar-refractivity contribution is -0.115. The van der Waals surface area contributed by atoms with Gasteiger partial charge in [0.1, 0.15) is 23.4 Å². The fourth-order valence-electron chi connectivity index (χ4n) is 3.87. The molecule has 9 nitrogen and oxygen atoms in total. The average molecular weight is 491 g/mol. The summed E-state index contributed by atoms with van der Waals surface area (Å²) in [7, 11) is 1.36. The van der Waals surface area contributed by atoms with Gasteiger partial charge in [0, 0.05) is 13.0 Å². The maximum Gasteiger partial charge on any atom is 0.409 e. The Morgan fingerprint density at radius 3 is 2.25 bits per heavy atom. The van der Waals surface area contributed by atoms with E-state index in [4.69, 9.17) is 14.2 Å². The van der Waals surface area contributed by atoms with Crippen molar-refractivity contribution in [3.05, 3.63) is 83.9 Å². The lowest BCUT2D eigenvalue weighted by atomic mass is 10.1. The smallest absolute Gasteiger partial charge is 0.409 e. The van der Waals surface area contributed by atoms with Gasteiger partial charge in [-0.15, -0.1) is 0 Å². The first kappa shape index (κ1) is 24.6. The van der Waals surface area contributed by atoms with E-state index in [2.05, 4.69) is 5.32 Å². The highest BCUT2D eigenvalue weighted by Gasteiger charge is 2.28. The normalized spacial score (nSPS) is 14.7. The topological polar surface area (TPSA) is 114 Å². The number of rotatable bonds is 8. The van der Waals surface area contributed by atoms with E-state index in [9.17, 15) is 19.5 Å². The van der Waals surface area contributed by atoms with Crippen LogP contribution in [-0.4, -0.2) is 54.3 Å². The Morgan fingerprint density at radius 1 is 0.944 bits per heavy atom. The van der Waals surface area contributed by atoms with Crippen molar-refractivity contribution in [3.63, 3.8) is 0 Å². The molecule has 9 heteroatoms. The van der Waals surface area contributed by atoms with Crippen LogP contribution in [0.3, 0.4) is 0 Å². The number of carboxylic acid groups (broad SMARTS) is 1. The summed E-state index contributed by atoms with van der Waals surface area (Å²) < 4.78 is 16.6. The average Bonchev–Trinajstić information content (AvgIpc) is 3.34. The number of hydrogen-bond donors (Lipinski definition) is 2. The summed E-state index contributed by atoms with van der Waals surface area (Å²) in [5.41, 5.74) is 1.06. The summed E-state index contributed by atoms with van der Waals surface area (Å²) in [6, 6.07) is 20.6. The summed E-state index contributed by atoms with van der Waals surface area (Å²) >= 11 is 0. The maximum absolute atomic E-state index is 12.4. The number of carbonyl (C=O) groups excluding carboxylic acids is 2. The molecule has 0 unspecified atom stereocenters. The zero-order valence-electron chi connectivity index (χ0n) is 19.7. The third-order valence-corrected chi connectivity index (χ3v) is 5.66. The Bertz CT molecular complexity index is 1230. The van der Waals surface area contributed by atoms with Gasteiger partial charge in [-0.2, -0.15) is 0 Å². The molecule has 0 aliphatic carbocycles. The van der Waals surface area contributed by atoms with Gasteiger partial charge in [0.25, 0.3) is 0 Å². The van der Waals surface area contributed by atoms with E-state index in [1.807, 2.05) is 12.1 Å². The van der Waals surface area contributed by atoms with Gasteiger partial charge in [-0.3, -0.25) is 4.79 Å². The van der Waals surface area contributed by atoms with Crippen molar-refractivity contribution in [2.24, 2.45) is 0 Å². The van der Waals surface area contributed by atoms with Crippen molar-refractivity contribution in [1.82, 2.24) is 4.90 Å². The van der Waals surface area contributed by atoms with Gasteiger partial charge in [-0.25, -0.2) is 9.59 Å². The van der Waals surface area contributed by atoms with Crippen molar-refractivity contribution in [2.45, 2.75) is 18.9 Å². The van der Waals surface area contributed by atoms with Crippen molar-refractivity contribution in [2.75, 3.05) is 25.5 Å². The number of carboxylic acids is 1. The number of para-hydroxylation sites is 1. The second-order valence-corrected chi connectivity index (χ2v) is 8.24. The van der Waals surface area contributed by atoms with Gasteiger partial charge < -0.3 is 29.5 Å². The summed E-state index contributed by atoms with van der Waals surface area (Å²) in [5, 5.41) is 11.9. The van der Waals surface area contributed by atoms with E-state index in [0.29, 0.717) is 30.3 Å². The number of carbonyl (C=O) groups is 3. The Hall–Kier alpha value is -4.53. The van der Waals surface area contributed by atoms with Crippen LogP contribution in [0.4, 0.5) is 10.5 Å². The molecule has 36 heavy (non-hydrogen) atoms. The van der Waals surface area contributed by atoms with Crippen molar-refractivity contribution >= 4 is 23.7 Å². The monoisotopic (exact) mass is 490 g/mol. The Balaban J connectivity index is 1.28. The van der Waals surface area contributed by atoms with Crippen molar-refractivity contribution < 1.29 is 33.7 Å². The predicted octanol–water partition coefficient (Wildman–Crippen LogP) is 4.58. The molecular formula is C27H26N2O7. The largest absolute Gasteiger partial charge is 0.489 e. The summed E-state index contributed by atoms with van der Waals surface area (Å²) in [5.74, 6) is 0.500. The second-order valence-electron chi connectivity index (χ2n) is 8.24. The number of hydrogen-bond acceptors (Lipinski definition) is 6. The number of methoxy groups -OCH3 is 1. The minimum absolute atomic E-state index is 0.0393. The summed E-state index contributed by atoms with van der Waals surface area (Å²) in [6.45, 7) is 1.09. The third kappa shape index (κ3) is 6.32. The van der Waals surface area contributed by atoms with E-state index < -0.39 is 5.97 Å². The van der Waals surface area contributed by atoms with Crippen LogP contribution in [0.15, 0.2) is 72.8 Å². The first-order valence-corrected chi connectivity index (χ1v) is 11.4. The minimum Gasteiger partial charge on any atom is -0.489 e. The molecular weight excluding hydrogens is 464 g/mol. The summed E-state index contributed by atoms with van der Waals surface area (Å²) in [4.78, 5) is 36.9. The summed E-state index contributed by atoms with van der Waals surface area (Å²) in [6.07, 6.45) is 0.400.